The van der Waals surface area contributed by atoms with Crippen molar-refractivity contribution in [2.45, 2.75) is 48.4 Å². The maximum atomic E-state index is 11.6. The molecule has 2 unspecified atom stereocenters. The number of rotatable bonds is 10. The van der Waals surface area contributed by atoms with Gasteiger partial charge in [-0.1, -0.05) is 36.4 Å². The predicted octanol–water partition coefficient (Wildman–Crippen LogP) is 4.35. The zero-order chi connectivity index (χ0) is 26.1. The number of aliphatic hydroxyl groups is 1. The molecule has 0 spiro atoms. The molecule has 0 saturated carbocycles. The fourth-order valence-corrected chi connectivity index (χ4v) is 6.44. The molecule has 0 saturated heterocycles. The molecule has 1 heterocycles. The number of nitrogens with zero attached hydrogens (tertiary/aromatic N) is 1. The van der Waals surface area contributed by atoms with E-state index in [1.54, 1.807) is 6.07 Å². The molecule has 3 aromatic carbocycles. The van der Waals surface area contributed by atoms with Gasteiger partial charge in [-0.25, -0.2) is 9.78 Å². The van der Waals surface area contributed by atoms with Crippen LogP contribution in [0.5, 0.6) is 5.88 Å². The van der Waals surface area contributed by atoms with Crippen LogP contribution in [0, 0.1) is 0 Å². The van der Waals surface area contributed by atoms with E-state index < -0.39 is 18.0 Å². The summed E-state index contributed by atoms with van der Waals surface area (Å²) in [5.74, 6) is -1.94. The Balaban J connectivity index is 0.00000210. The van der Waals surface area contributed by atoms with Crippen LogP contribution < -0.4 is 4.74 Å². The predicted molar refractivity (Wildman–Crippen MR) is 157 cm³/mol. The molecule has 0 radical (unpaired) electrons. The number of thioether (sulfide) groups is 1. The summed E-state index contributed by atoms with van der Waals surface area (Å²) >= 11 is 1.51. The molecule has 39 heavy (non-hydrogen) atoms. The number of carboxylic acids is 2. The van der Waals surface area contributed by atoms with Crippen molar-refractivity contribution in [3.63, 3.8) is 0 Å². The number of benzene rings is 3. The summed E-state index contributed by atoms with van der Waals surface area (Å²) in [7, 11) is 1.39. The zero-order valence-corrected chi connectivity index (χ0v) is 21.1. The van der Waals surface area contributed by atoms with Gasteiger partial charge in [0.05, 0.1) is 24.0 Å². The van der Waals surface area contributed by atoms with Gasteiger partial charge in [-0.15, -0.1) is 11.8 Å². The van der Waals surface area contributed by atoms with Crippen molar-refractivity contribution in [3.05, 3.63) is 76.9 Å². The van der Waals surface area contributed by atoms with Crippen LogP contribution in [0.15, 0.2) is 59.5 Å². The molecule has 4 aromatic rings. The molecular formula is C29H29NNa2O6S. The molecule has 1 aliphatic carbocycles. The van der Waals surface area contributed by atoms with E-state index in [9.17, 15) is 19.8 Å². The van der Waals surface area contributed by atoms with Crippen LogP contribution in [-0.4, -0.2) is 105 Å². The van der Waals surface area contributed by atoms with Crippen molar-refractivity contribution in [1.29, 1.82) is 0 Å². The van der Waals surface area contributed by atoms with E-state index in [1.807, 2.05) is 18.2 Å². The molecule has 10 heteroatoms. The van der Waals surface area contributed by atoms with Crippen LogP contribution in [0.4, 0.5) is 0 Å². The third kappa shape index (κ3) is 6.82. The van der Waals surface area contributed by atoms with Crippen LogP contribution in [0.1, 0.15) is 51.6 Å². The summed E-state index contributed by atoms with van der Waals surface area (Å²) in [4.78, 5) is 27.9. The molecule has 1 aliphatic rings. The van der Waals surface area contributed by atoms with Gasteiger partial charge in [0.25, 0.3) is 0 Å². The number of carbonyl (C=O) groups is 2. The van der Waals surface area contributed by atoms with E-state index >= 15 is 0 Å². The molecule has 5 rings (SSSR count). The summed E-state index contributed by atoms with van der Waals surface area (Å²) in [6, 6.07) is 17.7. The molecule has 0 aliphatic heterocycles. The number of aryl methyl sites for hydroxylation is 2. The number of aromatic nitrogens is 1. The number of methoxy groups -OCH3 is 1. The van der Waals surface area contributed by atoms with E-state index in [4.69, 9.17) is 9.84 Å². The van der Waals surface area contributed by atoms with Crippen molar-refractivity contribution >= 4 is 104 Å². The molecule has 0 bridgehead atoms. The van der Waals surface area contributed by atoms with Gasteiger partial charge in [0.15, 0.2) is 0 Å². The van der Waals surface area contributed by atoms with Crippen molar-refractivity contribution in [3.8, 4) is 5.88 Å². The van der Waals surface area contributed by atoms with E-state index in [2.05, 4.69) is 35.3 Å². The SMILES string of the molecule is COc1nc2cc(SC(c3ccc4cccc5c4c3CC5)C(O)CCCC(=O)O)ccc2cc1C(=O)O.[NaH].[NaH]. The number of aromatic carboxylic acids is 1. The topological polar surface area (TPSA) is 117 Å². The standard InChI is InChI=1S/C29H27NO6S.2Na.2H/c1-36-28-22(29(34)35)14-18-8-11-19(15-23(18)30-28)37-27(24(31)6-3-7-25(32)33)21-13-10-17-5-2-4-16-9-12-20(21)26(16)17;;;;/h2,4-5,8,10-11,13-15,24,27,31H,3,6-7,9,12H2,1H3,(H,32,33)(H,34,35);;;;. The van der Waals surface area contributed by atoms with Crippen LogP contribution in [0.3, 0.4) is 0 Å². The van der Waals surface area contributed by atoms with Crippen LogP contribution >= 0.6 is 11.8 Å². The van der Waals surface area contributed by atoms with Crippen molar-refractivity contribution in [1.82, 2.24) is 4.98 Å². The summed E-state index contributed by atoms with van der Waals surface area (Å²) in [6.07, 6.45) is 1.87. The maximum absolute atomic E-state index is 11.6. The third-order valence-electron chi connectivity index (χ3n) is 6.91. The van der Waals surface area contributed by atoms with Gasteiger partial charge in [0, 0.05) is 16.7 Å². The fraction of sp³-hybridized carbons (Fsp3) is 0.276. The number of fused-ring (bicyclic) bond motifs is 1. The quantitative estimate of drug-likeness (QED) is 0.192. The number of ether oxygens (including phenoxy) is 1. The Labute approximate surface area is 274 Å². The zero-order valence-electron chi connectivity index (χ0n) is 20.3. The number of aliphatic carboxylic acids is 1. The monoisotopic (exact) mass is 565 g/mol. The Kier molecular flexibility index (Phi) is 11.3. The first kappa shape index (κ1) is 31.9. The van der Waals surface area contributed by atoms with Gasteiger partial charge in [0.2, 0.25) is 5.88 Å². The molecule has 2 atom stereocenters. The number of pyridine rings is 1. The molecule has 0 fully saturated rings. The van der Waals surface area contributed by atoms with E-state index in [0.717, 1.165) is 23.3 Å². The second kappa shape index (κ2) is 13.8. The van der Waals surface area contributed by atoms with E-state index in [-0.39, 0.29) is 82.2 Å². The van der Waals surface area contributed by atoms with Crippen molar-refractivity contribution < 1.29 is 29.6 Å². The Morgan fingerprint density at radius 2 is 1.79 bits per heavy atom. The first-order valence-electron chi connectivity index (χ1n) is 12.2. The Morgan fingerprint density at radius 3 is 2.51 bits per heavy atom. The first-order chi connectivity index (χ1) is 17.9. The molecule has 0 amide bonds. The first-order valence-corrected chi connectivity index (χ1v) is 13.1. The Morgan fingerprint density at radius 1 is 1.03 bits per heavy atom. The van der Waals surface area contributed by atoms with Gasteiger partial charge in [0.1, 0.15) is 5.56 Å². The second-order valence-electron chi connectivity index (χ2n) is 9.25. The molecular weight excluding hydrogens is 536 g/mol. The van der Waals surface area contributed by atoms with Crippen molar-refractivity contribution in [2.24, 2.45) is 0 Å². The number of hydrogen-bond acceptors (Lipinski definition) is 6. The van der Waals surface area contributed by atoms with E-state index in [1.165, 1.54) is 40.8 Å². The normalized spacial score (nSPS) is 13.4. The molecule has 3 N–H and O–H groups in total. The molecule has 194 valence electrons. The van der Waals surface area contributed by atoms with E-state index in [0.29, 0.717) is 23.7 Å². The minimum atomic E-state index is -1.11. The van der Waals surface area contributed by atoms with Gasteiger partial charge in [-0.05, 0) is 71.3 Å². The third-order valence-corrected chi connectivity index (χ3v) is 8.26. The van der Waals surface area contributed by atoms with Crippen molar-refractivity contribution in [2.75, 3.05) is 7.11 Å². The number of hydrogen-bond donors (Lipinski definition) is 3. The van der Waals surface area contributed by atoms with Gasteiger partial charge >= 0.3 is 71.1 Å². The molecule has 1 aromatic heterocycles. The van der Waals surface area contributed by atoms with Crippen LogP contribution in [0.2, 0.25) is 0 Å². The fourth-order valence-electron chi connectivity index (χ4n) is 5.18. The molecule has 7 nitrogen and oxygen atoms in total. The summed E-state index contributed by atoms with van der Waals surface area (Å²) in [5.41, 5.74) is 4.22. The average Bonchev–Trinajstić information content (AvgIpc) is 3.32. The summed E-state index contributed by atoms with van der Waals surface area (Å²) in [6.45, 7) is 0. The van der Waals surface area contributed by atoms with Crippen LogP contribution in [0.25, 0.3) is 21.7 Å². The average molecular weight is 566 g/mol. The Bertz CT molecular complexity index is 1530. The number of aliphatic hydroxyl groups excluding tert-OH is 1. The Hall–Kier alpha value is -1.62. The summed E-state index contributed by atoms with van der Waals surface area (Å²) < 4.78 is 5.20. The second-order valence-corrected chi connectivity index (χ2v) is 10.5. The number of carboxylic acid groups (broad SMARTS) is 2. The van der Waals surface area contributed by atoms with Gasteiger partial charge < -0.3 is 20.1 Å². The summed E-state index contributed by atoms with van der Waals surface area (Å²) in [5, 5.41) is 32.7. The van der Waals surface area contributed by atoms with Crippen LogP contribution in [-0.2, 0) is 17.6 Å². The van der Waals surface area contributed by atoms with Gasteiger partial charge in [-0.3, -0.25) is 4.79 Å². The minimum absolute atomic E-state index is 0. The van der Waals surface area contributed by atoms with Gasteiger partial charge in [-0.2, -0.15) is 0 Å².